The number of thioether (sulfide) groups is 1. The number of sulfone groups is 1. The third-order valence-electron chi connectivity index (χ3n) is 4.90. The van der Waals surface area contributed by atoms with Gasteiger partial charge in [0.15, 0.2) is 15.0 Å². The minimum Gasteiger partial charge on any atom is -0.313 e. The molecule has 0 unspecified atom stereocenters. The summed E-state index contributed by atoms with van der Waals surface area (Å²) in [5, 5.41) is 1.02. The van der Waals surface area contributed by atoms with E-state index in [9.17, 15) is 13.2 Å². The molecule has 2 aromatic carbocycles. The van der Waals surface area contributed by atoms with E-state index < -0.39 is 9.84 Å². The highest BCUT2D eigenvalue weighted by Gasteiger charge is 2.50. The van der Waals surface area contributed by atoms with Crippen LogP contribution in [0.5, 0.6) is 0 Å². The first-order chi connectivity index (χ1) is 13.7. The molecule has 9 heteroatoms. The van der Waals surface area contributed by atoms with Crippen LogP contribution in [0.2, 0.25) is 10.0 Å². The van der Waals surface area contributed by atoms with Crippen LogP contribution in [0.25, 0.3) is 0 Å². The Morgan fingerprint density at radius 3 is 2.55 bits per heavy atom. The number of para-hydroxylation sites is 1. The highest BCUT2D eigenvalue weighted by Crippen LogP contribution is 2.45. The lowest BCUT2D eigenvalue weighted by Gasteiger charge is -2.26. The molecule has 29 heavy (non-hydrogen) atoms. The summed E-state index contributed by atoms with van der Waals surface area (Å²) in [6.07, 6.45) is 0.170. The molecule has 5 nitrogen and oxygen atoms in total. The maximum atomic E-state index is 12.7. The molecule has 2 saturated heterocycles. The number of amidine groups is 1. The summed E-state index contributed by atoms with van der Waals surface area (Å²) in [7, 11) is -3.17. The van der Waals surface area contributed by atoms with Crippen molar-refractivity contribution in [3.8, 4) is 0 Å². The van der Waals surface area contributed by atoms with Crippen molar-refractivity contribution in [1.29, 1.82) is 0 Å². The molecule has 0 radical (unpaired) electrons. The Hall–Kier alpha value is -1.54. The number of aryl methyl sites for hydroxylation is 1. The fourth-order valence-electron chi connectivity index (χ4n) is 3.69. The molecule has 152 valence electrons. The average Bonchev–Trinajstić information content (AvgIpc) is 3.07. The molecule has 0 aliphatic carbocycles. The van der Waals surface area contributed by atoms with Gasteiger partial charge in [0.2, 0.25) is 0 Å². The Labute approximate surface area is 184 Å². The predicted octanol–water partition coefficient (Wildman–Crippen LogP) is 4.15. The van der Waals surface area contributed by atoms with Gasteiger partial charge in [-0.1, -0.05) is 70.9 Å². The number of carbonyl (C=O) groups excluding carboxylic acids is 1. The van der Waals surface area contributed by atoms with E-state index in [4.69, 9.17) is 23.2 Å². The lowest BCUT2D eigenvalue weighted by Crippen LogP contribution is -2.38. The van der Waals surface area contributed by atoms with Crippen LogP contribution in [0.4, 0.5) is 5.69 Å². The first kappa shape index (κ1) is 20.7. The van der Waals surface area contributed by atoms with Gasteiger partial charge in [-0.05, 0) is 24.6 Å². The van der Waals surface area contributed by atoms with Gasteiger partial charge >= 0.3 is 0 Å². The van der Waals surface area contributed by atoms with Gasteiger partial charge in [-0.3, -0.25) is 4.79 Å². The van der Waals surface area contributed by atoms with Crippen molar-refractivity contribution in [2.45, 2.75) is 24.6 Å². The van der Waals surface area contributed by atoms with Gasteiger partial charge in [0, 0.05) is 5.25 Å². The van der Waals surface area contributed by atoms with Gasteiger partial charge in [0.05, 0.1) is 39.7 Å². The van der Waals surface area contributed by atoms with Crippen LogP contribution in [0.15, 0.2) is 47.5 Å². The number of anilines is 1. The molecular weight excluding hydrogens is 451 g/mol. The number of carbonyl (C=O) groups is 1. The van der Waals surface area contributed by atoms with Gasteiger partial charge < -0.3 is 4.90 Å². The lowest BCUT2D eigenvalue weighted by atomic mass is 10.1. The van der Waals surface area contributed by atoms with E-state index in [1.807, 2.05) is 31.2 Å². The van der Waals surface area contributed by atoms with Crippen LogP contribution in [-0.4, -0.2) is 42.3 Å². The average molecular weight is 469 g/mol. The minimum absolute atomic E-state index is 0.0166. The van der Waals surface area contributed by atoms with Crippen molar-refractivity contribution in [1.82, 2.24) is 0 Å². The van der Waals surface area contributed by atoms with Gasteiger partial charge in [-0.15, -0.1) is 0 Å². The number of amides is 1. The van der Waals surface area contributed by atoms with Crippen LogP contribution in [0, 0.1) is 6.92 Å². The van der Waals surface area contributed by atoms with E-state index in [1.165, 1.54) is 11.8 Å². The number of nitrogens with zero attached hydrogens (tertiary/aromatic N) is 2. The number of hydrogen-bond donors (Lipinski definition) is 0. The zero-order valence-corrected chi connectivity index (χ0v) is 18.7. The Balaban J connectivity index is 1.70. The van der Waals surface area contributed by atoms with Crippen LogP contribution in [0.3, 0.4) is 0 Å². The number of aliphatic imine (C=N–C) groups is 1. The van der Waals surface area contributed by atoms with E-state index in [1.54, 1.807) is 23.1 Å². The van der Waals surface area contributed by atoms with Gasteiger partial charge in [-0.25, -0.2) is 8.42 Å². The van der Waals surface area contributed by atoms with Crippen LogP contribution < -0.4 is 4.90 Å². The molecule has 2 aliphatic rings. The fourth-order valence-corrected chi connectivity index (χ4v) is 8.18. The highest BCUT2D eigenvalue weighted by atomic mass is 35.5. The third-order valence-corrected chi connectivity index (χ3v) is 8.72. The second-order valence-electron chi connectivity index (χ2n) is 7.19. The van der Waals surface area contributed by atoms with Crippen LogP contribution in [-0.2, 0) is 21.1 Å². The molecule has 0 N–H and O–H groups in total. The predicted molar refractivity (Wildman–Crippen MR) is 120 cm³/mol. The van der Waals surface area contributed by atoms with E-state index in [2.05, 4.69) is 4.99 Å². The molecular formula is C20H18Cl2N2O3S2. The topological polar surface area (TPSA) is 66.8 Å². The molecule has 0 bridgehead atoms. The standard InChI is InChI=1S/C20H18Cl2N2O3S2/c1-12-4-2-5-13(8-12)9-18(25)23-20-24(19-14(21)6-3-7-15(19)22)16-10-29(26,27)11-17(16)28-20/h2-8,16-17H,9-11H2,1H3/t16-,17+/m1/s1. The molecule has 2 heterocycles. The SMILES string of the molecule is Cc1cccc(CC(=O)N=C2S[C@H]3CS(=O)(=O)C[C@H]3N2c2c(Cl)cccc2Cl)c1. The van der Waals surface area contributed by atoms with Crippen molar-refractivity contribution in [3.63, 3.8) is 0 Å². The number of fused-ring (bicyclic) bond motifs is 1. The fraction of sp³-hybridized carbons (Fsp3) is 0.300. The summed E-state index contributed by atoms with van der Waals surface area (Å²) in [5.41, 5.74) is 2.45. The van der Waals surface area contributed by atoms with Crippen LogP contribution in [0.1, 0.15) is 11.1 Å². The Morgan fingerprint density at radius 1 is 1.17 bits per heavy atom. The van der Waals surface area contributed by atoms with Gasteiger partial charge in [0.1, 0.15) is 0 Å². The van der Waals surface area contributed by atoms with E-state index in [0.717, 1.165) is 11.1 Å². The Kier molecular flexibility index (Phi) is 5.68. The summed E-state index contributed by atoms with van der Waals surface area (Å²) >= 11 is 14.1. The summed E-state index contributed by atoms with van der Waals surface area (Å²) in [6, 6.07) is 12.5. The molecule has 4 rings (SSSR count). The van der Waals surface area contributed by atoms with Crippen molar-refractivity contribution >= 4 is 61.6 Å². The molecule has 2 fully saturated rings. The summed E-state index contributed by atoms with van der Waals surface area (Å²) in [5.74, 6) is -0.266. The second-order valence-corrected chi connectivity index (χ2v) is 11.4. The molecule has 1 amide bonds. The zero-order chi connectivity index (χ0) is 20.8. The highest BCUT2D eigenvalue weighted by molar-refractivity contribution is 8.16. The van der Waals surface area contributed by atoms with Crippen LogP contribution >= 0.6 is 35.0 Å². The van der Waals surface area contributed by atoms with Crippen molar-refractivity contribution < 1.29 is 13.2 Å². The maximum absolute atomic E-state index is 12.7. The van der Waals surface area contributed by atoms with Crippen molar-refractivity contribution in [2.75, 3.05) is 16.4 Å². The van der Waals surface area contributed by atoms with E-state index >= 15 is 0 Å². The molecule has 2 aliphatic heterocycles. The minimum atomic E-state index is -3.17. The molecule has 0 spiro atoms. The first-order valence-corrected chi connectivity index (χ1v) is 12.5. The molecule has 0 saturated carbocycles. The smallest absolute Gasteiger partial charge is 0.252 e. The van der Waals surface area contributed by atoms with E-state index in [-0.39, 0.29) is 35.1 Å². The largest absolute Gasteiger partial charge is 0.313 e. The quantitative estimate of drug-likeness (QED) is 0.676. The number of rotatable bonds is 3. The summed E-state index contributed by atoms with van der Waals surface area (Å²) < 4.78 is 24.4. The Bertz CT molecular complexity index is 1100. The van der Waals surface area contributed by atoms with Crippen molar-refractivity contribution in [3.05, 3.63) is 63.6 Å². The third kappa shape index (κ3) is 4.33. The lowest BCUT2D eigenvalue weighted by molar-refractivity contribution is -0.117. The normalized spacial score (nSPS) is 24.1. The molecule has 0 aromatic heterocycles. The summed E-state index contributed by atoms with van der Waals surface area (Å²) in [4.78, 5) is 18.7. The number of hydrogen-bond acceptors (Lipinski definition) is 4. The second kappa shape index (κ2) is 7.95. The van der Waals surface area contributed by atoms with Gasteiger partial charge in [0.25, 0.3) is 5.91 Å². The van der Waals surface area contributed by atoms with Gasteiger partial charge in [-0.2, -0.15) is 4.99 Å². The number of benzene rings is 2. The molecule has 2 atom stereocenters. The summed E-state index contributed by atoms with van der Waals surface area (Å²) in [6.45, 7) is 1.97. The number of halogens is 2. The van der Waals surface area contributed by atoms with Crippen molar-refractivity contribution in [2.24, 2.45) is 4.99 Å². The maximum Gasteiger partial charge on any atom is 0.252 e. The first-order valence-electron chi connectivity index (χ1n) is 9.01. The van der Waals surface area contributed by atoms with E-state index in [0.29, 0.717) is 20.9 Å². The Morgan fingerprint density at radius 2 is 1.86 bits per heavy atom. The zero-order valence-electron chi connectivity index (χ0n) is 15.5. The molecule has 2 aromatic rings. The monoisotopic (exact) mass is 468 g/mol.